The van der Waals surface area contributed by atoms with Gasteiger partial charge >= 0.3 is 0 Å². The van der Waals surface area contributed by atoms with Crippen LogP contribution in [0, 0.1) is 0 Å². The van der Waals surface area contributed by atoms with Crippen molar-refractivity contribution < 1.29 is 13.0 Å². The van der Waals surface area contributed by atoms with Crippen molar-refractivity contribution in [1.82, 2.24) is 4.57 Å². The molecule has 0 unspecified atom stereocenters. The lowest BCUT2D eigenvalue weighted by Gasteiger charge is -1.98. The highest BCUT2D eigenvalue weighted by Gasteiger charge is 2.02. The minimum absolute atomic E-state index is 0.234. The molecule has 0 aromatic carbocycles. The monoisotopic (exact) mass is 175 g/mol. The third-order valence-electron chi connectivity index (χ3n) is 1.27. The molecule has 0 bridgehead atoms. The molecular formula is C6H9NO3S. The number of hydrogen-bond donors (Lipinski definition) is 1. The van der Waals surface area contributed by atoms with Gasteiger partial charge in [-0.1, -0.05) is 0 Å². The zero-order valence-corrected chi connectivity index (χ0v) is 6.66. The molecule has 0 saturated heterocycles. The van der Waals surface area contributed by atoms with E-state index in [-0.39, 0.29) is 5.75 Å². The number of nitrogens with zero attached hydrogens (tertiary/aromatic N) is 1. The van der Waals surface area contributed by atoms with Crippen LogP contribution in [0.1, 0.15) is 0 Å². The van der Waals surface area contributed by atoms with E-state index in [1.54, 1.807) is 29.1 Å². The molecule has 0 spiro atoms. The quantitative estimate of drug-likeness (QED) is 0.675. The summed E-state index contributed by atoms with van der Waals surface area (Å²) in [4.78, 5) is 0. The van der Waals surface area contributed by atoms with E-state index < -0.39 is 10.1 Å². The zero-order valence-electron chi connectivity index (χ0n) is 5.84. The van der Waals surface area contributed by atoms with Crippen LogP contribution in [0.25, 0.3) is 0 Å². The summed E-state index contributed by atoms with van der Waals surface area (Å²) >= 11 is 0. The second kappa shape index (κ2) is 3.06. The van der Waals surface area contributed by atoms with Gasteiger partial charge in [-0.05, 0) is 12.1 Å². The van der Waals surface area contributed by atoms with Gasteiger partial charge in [0, 0.05) is 18.9 Å². The molecule has 1 rings (SSSR count). The Labute approximate surface area is 65.2 Å². The zero-order chi connectivity index (χ0) is 8.32. The van der Waals surface area contributed by atoms with Crippen molar-refractivity contribution >= 4 is 10.1 Å². The van der Waals surface area contributed by atoms with Crippen molar-refractivity contribution in [1.29, 1.82) is 0 Å². The normalized spacial score (nSPS) is 11.7. The fourth-order valence-electron chi connectivity index (χ4n) is 0.740. The highest BCUT2D eigenvalue weighted by atomic mass is 32.2. The first kappa shape index (κ1) is 8.29. The molecule has 0 aliphatic rings. The lowest BCUT2D eigenvalue weighted by molar-refractivity contribution is 0.478. The van der Waals surface area contributed by atoms with Crippen molar-refractivity contribution in [2.45, 2.75) is 6.54 Å². The first-order valence-electron chi connectivity index (χ1n) is 3.14. The second-order valence-electron chi connectivity index (χ2n) is 2.21. The molecule has 0 radical (unpaired) electrons. The van der Waals surface area contributed by atoms with Crippen LogP contribution in [0.3, 0.4) is 0 Å². The molecule has 1 aromatic heterocycles. The van der Waals surface area contributed by atoms with E-state index in [4.69, 9.17) is 4.55 Å². The summed E-state index contributed by atoms with van der Waals surface area (Å²) in [6.07, 6.45) is 3.48. The second-order valence-corrected chi connectivity index (χ2v) is 3.78. The first-order valence-corrected chi connectivity index (χ1v) is 4.75. The molecular weight excluding hydrogens is 166 g/mol. The highest BCUT2D eigenvalue weighted by Crippen LogP contribution is 1.91. The smallest absolute Gasteiger partial charge is 0.266 e. The van der Waals surface area contributed by atoms with E-state index in [1.165, 1.54) is 0 Å². The molecule has 1 heterocycles. The van der Waals surface area contributed by atoms with E-state index in [0.717, 1.165) is 0 Å². The lowest BCUT2D eigenvalue weighted by Crippen LogP contribution is -2.10. The SMILES string of the molecule is O=S(=O)(O)CCn1cccc1. The summed E-state index contributed by atoms with van der Waals surface area (Å²) in [6, 6.07) is 3.59. The number of aryl methyl sites for hydroxylation is 1. The average Bonchev–Trinajstić information content (AvgIpc) is 2.32. The van der Waals surface area contributed by atoms with E-state index in [2.05, 4.69) is 0 Å². The number of hydrogen-bond acceptors (Lipinski definition) is 2. The molecule has 5 heteroatoms. The van der Waals surface area contributed by atoms with Gasteiger partial charge in [-0.25, -0.2) is 0 Å². The van der Waals surface area contributed by atoms with Gasteiger partial charge in [0.2, 0.25) is 0 Å². The van der Waals surface area contributed by atoms with Crippen LogP contribution in [-0.4, -0.2) is 23.3 Å². The summed E-state index contributed by atoms with van der Waals surface area (Å²) in [7, 11) is -3.82. The lowest BCUT2D eigenvalue weighted by atomic mass is 10.7. The van der Waals surface area contributed by atoms with Gasteiger partial charge in [0.25, 0.3) is 10.1 Å². The largest absolute Gasteiger partial charge is 0.353 e. The van der Waals surface area contributed by atoms with Gasteiger partial charge in [-0.15, -0.1) is 0 Å². The van der Waals surface area contributed by atoms with Gasteiger partial charge in [0.05, 0.1) is 5.75 Å². The van der Waals surface area contributed by atoms with Gasteiger partial charge < -0.3 is 4.57 Å². The predicted molar refractivity (Wildman–Crippen MR) is 40.8 cm³/mol. The average molecular weight is 175 g/mol. The fourth-order valence-corrected chi connectivity index (χ4v) is 1.18. The van der Waals surface area contributed by atoms with Gasteiger partial charge in [-0.3, -0.25) is 4.55 Å². The maximum Gasteiger partial charge on any atom is 0.266 e. The summed E-state index contributed by atoms with van der Waals surface area (Å²) in [5.41, 5.74) is 0. The summed E-state index contributed by atoms with van der Waals surface area (Å²) < 4.78 is 30.6. The fraction of sp³-hybridized carbons (Fsp3) is 0.333. The molecule has 4 nitrogen and oxygen atoms in total. The number of rotatable bonds is 3. The van der Waals surface area contributed by atoms with Crippen molar-refractivity contribution in [2.24, 2.45) is 0 Å². The predicted octanol–water partition coefficient (Wildman–Crippen LogP) is 0.376. The Kier molecular flexibility index (Phi) is 2.31. The van der Waals surface area contributed by atoms with Gasteiger partial charge in [0.1, 0.15) is 0 Å². The van der Waals surface area contributed by atoms with E-state index in [0.29, 0.717) is 6.54 Å². The van der Waals surface area contributed by atoms with Crippen molar-refractivity contribution in [3.8, 4) is 0 Å². The van der Waals surface area contributed by atoms with E-state index in [9.17, 15) is 8.42 Å². The third kappa shape index (κ3) is 3.20. The van der Waals surface area contributed by atoms with Gasteiger partial charge in [0.15, 0.2) is 0 Å². The Bertz CT molecular complexity index is 301. The molecule has 11 heavy (non-hydrogen) atoms. The molecule has 0 amide bonds. The summed E-state index contributed by atoms with van der Waals surface area (Å²) in [6.45, 7) is 0.297. The van der Waals surface area contributed by atoms with E-state index >= 15 is 0 Å². The van der Waals surface area contributed by atoms with Crippen LogP contribution < -0.4 is 0 Å². The Morgan fingerprint density at radius 3 is 2.27 bits per heavy atom. The Balaban J connectivity index is 2.48. The van der Waals surface area contributed by atoms with Crippen molar-refractivity contribution in [3.05, 3.63) is 24.5 Å². The van der Waals surface area contributed by atoms with Crippen LogP contribution in [0.15, 0.2) is 24.5 Å². The molecule has 1 N–H and O–H groups in total. The topological polar surface area (TPSA) is 59.3 Å². The standard InChI is InChI=1S/C6H9NO3S/c8-11(9,10)6-5-7-3-1-2-4-7/h1-4H,5-6H2,(H,8,9,10). The molecule has 1 aromatic rings. The minimum atomic E-state index is -3.82. The summed E-state index contributed by atoms with van der Waals surface area (Å²) in [5.74, 6) is -0.234. The van der Waals surface area contributed by atoms with Crippen LogP contribution in [0.5, 0.6) is 0 Å². The Morgan fingerprint density at radius 1 is 1.27 bits per heavy atom. The first-order chi connectivity index (χ1) is 5.08. The van der Waals surface area contributed by atoms with Crippen LogP contribution in [0.2, 0.25) is 0 Å². The maximum absolute atomic E-state index is 10.3. The van der Waals surface area contributed by atoms with Crippen LogP contribution in [0.4, 0.5) is 0 Å². The van der Waals surface area contributed by atoms with Crippen LogP contribution in [-0.2, 0) is 16.7 Å². The van der Waals surface area contributed by atoms with Crippen LogP contribution >= 0.6 is 0 Å². The highest BCUT2D eigenvalue weighted by molar-refractivity contribution is 7.85. The van der Waals surface area contributed by atoms with E-state index in [1.807, 2.05) is 0 Å². The van der Waals surface area contributed by atoms with Crippen molar-refractivity contribution in [2.75, 3.05) is 5.75 Å². The van der Waals surface area contributed by atoms with Gasteiger partial charge in [-0.2, -0.15) is 8.42 Å². The van der Waals surface area contributed by atoms with Crippen molar-refractivity contribution in [3.63, 3.8) is 0 Å². The molecule has 0 atom stereocenters. The Morgan fingerprint density at radius 2 is 1.82 bits per heavy atom. The molecule has 0 fully saturated rings. The molecule has 62 valence electrons. The number of aromatic nitrogens is 1. The molecule has 0 aliphatic heterocycles. The molecule has 0 saturated carbocycles. The minimum Gasteiger partial charge on any atom is -0.353 e. The maximum atomic E-state index is 10.3. The third-order valence-corrected chi connectivity index (χ3v) is 1.97. The molecule has 0 aliphatic carbocycles. The Hall–Kier alpha value is -0.810. The summed E-state index contributed by atoms with van der Waals surface area (Å²) in [5, 5.41) is 0.